The number of nitriles is 1. The lowest BCUT2D eigenvalue weighted by Crippen LogP contribution is -2.33. The van der Waals surface area contributed by atoms with Crippen molar-refractivity contribution in [2.75, 3.05) is 17.2 Å². The predicted octanol–water partition coefficient (Wildman–Crippen LogP) is 4.94. The second kappa shape index (κ2) is 10.3. The molecule has 0 bridgehead atoms. The molecule has 0 saturated heterocycles. The van der Waals surface area contributed by atoms with Gasteiger partial charge in [-0.2, -0.15) is 5.26 Å². The molecule has 3 heterocycles. The zero-order valence-corrected chi connectivity index (χ0v) is 19.3. The number of furan rings is 1. The SMILES string of the molecule is C=CCn1c(SCC(=O)N(CCC#N)c2ccccc2)nc2scc(-c3ccco3)c2c1=O. The lowest BCUT2D eigenvalue weighted by molar-refractivity contribution is -0.116. The Kier molecular flexibility index (Phi) is 7.07. The van der Waals surface area contributed by atoms with Crippen LogP contribution in [-0.4, -0.2) is 27.8 Å². The fraction of sp³-hybridized carbons (Fsp3) is 0.167. The Balaban J connectivity index is 1.64. The normalized spacial score (nSPS) is 10.8. The third-order valence-corrected chi connectivity index (χ3v) is 6.73. The topological polar surface area (TPSA) is 92.1 Å². The van der Waals surface area contributed by atoms with Gasteiger partial charge in [0, 0.05) is 29.7 Å². The molecule has 1 aromatic carbocycles. The van der Waals surface area contributed by atoms with Crippen LogP contribution in [0.25, 0.3) is 21.5 Å². The first-order chi connectivity index (χ1) is 16.1. The third-order valence-electron chi connectivity index (χ3n) is 4.90. The van der Waals surface area contributed by atoms with Crippen molar-refractivity contribution < 1.29 is 9.21 Å². The highest BCUT2D eigenvalue weighted by molar-refractivity contribution is 7.99. The summed E-state index contributed by atoms with van der Waals surface area (Å²) in [6.45, 7) is 4.32. The Morgan fingerprint density at radius 1 is 1.30 bits per heavy atom. The van der Waals surface area contributed by atoms with Crippen molar-refractivity contribution in [3.8, 4) is 17.4 Å². The molecule has 0 atom stereocenters. The van der Waals surface area contributed by atoms with E-state index in [1.807, 2.05) is 35.7 Å². The Labute approximate surface area is 198 Å². The maximum absolute atomic E-state index is 13.4. The summed E-state index contributed by atoms with van der Waals surface area (Å²) in [5.74, 6) is 0.520. The van der Waals surface area contributed by atoms with E-state index in [1.165, 1.54) is 27.7 Å². The highest BCUT2D eigenvalue weighted by atomic mass is 32.2. The van der Waals surface area contributed by atoms with Crippen molar-refractivity contribution >= 4 is 44.9 Å². The van der Waals surface area contributed by atoms with Gasteiger partial charge in [0.2, 0.25) is 5.91 Å². The van der Waals surface area contributed by atoms with Gasteiger partial charge in [0.1, 0.15) is 10.6 Å². The van der Waals surface area contributed by atoms with E-state index >= 15 is 0 Å². The molecule has 9 heteroatoms. The molecule has 1 amide bonds. The summed E-state index contributed by atoms with van der Waals surface area (Å²) < 4.78 is 7.01. The zero-order valence-electron chi connectivity index (χ0n) is 17.6. The molecule has 0 spiro atoms. The molecule has 7 nitrogen and oxygen atoms in total. The second-order valence-corrected chi connectivity index (χ2v) is 8.78. The summed E-state index contributed by atoms with van der Waals surface area (Å²) in [5.41, 5.74) is 1.23. The number of anilines is 1. The Hall–Kier alpha value is -3.61. The number of fused-ring (bicyclic) bond motifs is 1. The quantitative estimate of drug-likeness (QED) is 0.193. The number of para-hydroxylation sites is 1. The van der Waals surface area contributed by atoms with Crippen molar-refractivity contribution in [1.82, 2.24) is 9.55 Å². The van der Waals surface area contributed by atoms with Crippen molar-refractivity contribution in [2.24, 2.45) is 0 Å². The molecular weight excluding hydrogens is 456 g/mol. The number of thioether (sulfide) groups is 1. The lowest BCUT2D eigenvalue weighted by atomic mass is 10.2. The Bertz CT molecular complexity index is 1370. The Morgan fingerprint density at radius 3 is 2.82 bits per heavy atom. The molecule has 0 saturated carbocycles. The van der Waals surface area contributed by atoms with Gasteiger partial charge in [0.15, 0.2) is 5.16 Å². The summed E-state index contributed by atoms with van der Waals surface area (Å²) in [6, 6.07) is 14.9. The minimum absolute atomic E-state index is 0.0752. The van der Waals surface area contributed by atoms with Crippen LogP contribution >= 0.6 is 23.1 Å². The second-order valence-electron chi connectivity index (χ2n) is 6.98. The number of rotatable bonds is 9. The van der Waals surface area contributed by atoms with Gasteiger partial charge in [-0.3, -0.25) is 14.2 Å². The maximum atomic E-state index is 13.4. The maximum Gasteiger partial charge on any atom is 0.263 e. The first-order valence-electron chi connectivity index (χ1n) is 10.2. The number of carbonyl (C=O) groups is 1. The van der Waals surface area contributed by atoms with Crippen LogP contribution < -0.4 is 10.5 Å². The average Bonchev–Trinajstić information content (AvgIpc) is 3.51. The molecule has 166 valence electrons. The van der Waals surface area contributed by atoms with Crippen molar-refractivity contribution in [3.63, 3.8) is 0 Å². The van der Waals surface area contributed by atoms with E-state index in [4.69, 9.17) is 9.68 Å². The van der Waals surface area contributed by atoms with Gasteiger partial charge < -0.3 is 9.32 Å². The van der Waals surface area contributed by atoms with Crippen LogP contribution in [0.5, 0.6) is 0 Å². The van der Waals surface area contributed by atoms with E-state index in [1.54, 1.807) is 29.4 Å². The standard InChI is InChI=1S/C24H20N4O3S2/c1-2-12-28-23(30)21-18(19-10-6-14-31-19)15-32-22(21)26-24(28)33-16-20(29)27(13-7-11-25)17-8-4-3-5-9-17/h2-6,8-10,14-15H,1,7,12-13,16H2. The first kappa shape index (κ1) is 22.6. The number of carbonyl (C=O) groups excluding carboxylic acids is 1. The van der Waals surface area contributed by atoms with Crippen LogP contribution in [0.3, 0.4) is 0 Å². The summed E-state index contributed by atoms with van der Waals surface area (Å²) in [4.78, 5) is 33.3. The van der Waals surface area contributed by atoms with Crippen molar-refractivity contribution in [2.45, 2.75) is 18.1 Å². The van der Waals surface area contributed by atoms with Crippen LogP contribution in [0, 0.1) is 11.3 Å². The van der Waals surface area contributed by atoms with Crippen LogP contribution in [0.15, 0.2) is 81.1 Å². The molecule has 33 heavy (non-hydrogen) atoms. The number of hydrogen-bond acceptors (Lipinski definition) is 7. The van der Waals surface area contributed by atoms with Gasteiger partial charge in [-0.15, -0.1) is 17.9 Å². The van der Waals surface area contributed by atoms with Gasteiger partial charge in [0.05, 0.1) is 29.9 Å². The molecule has 0 radical (unpaired) electrons. The highest BCUT2D eigenvalue weighted by Crippen LogP contribution is 2.32. The fourth-order valence-electron chi connectivity index (χ4n) is 3.39. The number of amides is 1. The molecule has 0 unspecified atom stereocenters. The van der Waals surface area contributed by atoms with Gasteiger partial charge >= 0.3 is 0 Å². The molecule has 4 aromatic rings. The van der Waals surface area contributed by atoms with Gasteiger partial charge in [-0.1, -0.05) is 36.0 Å². The molecule has 0 N–H and O–H groups in total. The van der Waals surface area contributed by atoms with Crippen molar-refractivity contribution in [1.29, 1.82) is 5.26 Å². The van der Waals surface area contributed by atoms with E-state index < -0.39 is 0 Å². The molecule has 0 aliphatic heterocycles. The van der Waals surface area contributed by atoms with E-state index in [-0.39, 0.29) is 30.2 Å². The zero-order chi connectivity index (χ0) is 23.2. The largest absolute Gasteiger partial charge is 0.464 e. The van der Waals surface area contributed by atoms with E-state index in [9.17, 15) is 9.59 Å². The van der Waals surface area contributed by atoms with Crippen LogP contribution in [0.4, 0.5) is 5.69 Å². The summed E-state index contributed by atoms with van der Waals surface area (Å²) in [6.07, 6.45) is 3.42. The third kappa shape index (κ3) is 4.77. The molecule has 0 aliphatic carbocycles. The minimum Gasteiger partial charge on any atom is -0.464 e. The molecular formula is C24H20N4O3S2. The molecule has 0 fully saturated rings. The number of nitrogens with zero attached hydrogens (tertiary/aromatic N) is 4. The number of thiophene rings is 1. The average molecular weight is 477 g/mol. The van der Waals surface area contributed by atoms with Crippen LogP contribution in [0.1, 0.15) is 6.42 Å². The van der Waals surface area contributed by atoms with E-state index in [0.29, 0.717) is 33.2 Å². The van der Waals surface area contributed by atoms with Crippen LogP contribution in [0.2, 0.25) is 0 Å². The smallest absolute Gasteiger partial charge is 0.263 e. The molecule has 4 rings (SSSR count). The summed E-state index contributed by atoms with van der Waals surface area (Å²) in [5, 5.41) is 11.8. The van der Waals surface area contributed by atoms with Gasteiger partial charge in [-0.25, -0.2) is 4.98 Å². The monoisotopic (exact) mass is 476 g/mol. The summed E-state index contributed by atoms with van der Waals surface area (Å²) >= 11 is 2.56. The lowest BCUT2D eigenvalue weighted by Gasteiger charge is -2.21. The predicted molar refractivity (Wildman–Crippen MR) is 132 cm³/mol. The number of benzene rings is 1. The number of hydrogen-bond donors (Lipinski definition) is 0. The summed E-state index contributed by atoms with van der Waals surface area (Å²) in [7, 11) is 0. The Morgan fingerprint density at radius 2 is 2.12 bits per heavy atom. The first-order valence-corrected chi connectivity index (χ1v) is 12.0. The van der Waals surface area contributed by atoms with Gasteiger partial charge in [0.25, 0.3) is 5.56 Å². The van der Waals surface area contributed by atoms with Gasteiger partial charge in [-0.05, 0) is 24.3 Å². The highest BCUT2D eigenvalue weighted by Gasteiger charge is 2.21. The van der Waals surface area contributed by atoms with Crippen LogP contribution in [-0.2, 0) is 11.3 Å². The number of allylic oxidation sites excluding steroid dienone is 1. The minimum atomic E-state index is -0.202. The fourth-order valence-corrected chi connectivity index (χ4v) is 5.24. The van der Waals surface area contributed by atoms with E-state index in [2.05, 4.69) is 17.6 Å². The molecule has 0 aliphatic rings. The molecule has 3 aromatic heterocycles. The van der Waals surface area contributed by atoms with Crippen molar-refractivity contribution in [3.05, 3.63) is 77.1 Å². The van der Waals surface area contributed by atoms with E-state index in [0.717, 1.165) is 5.69 Å². The number of aromatic nitrogens is 2.